The first kappa shape index (κ1) is 74.2. The third-order valence-corrected chi connectivity index (χ3v) is 14.6. The number of hydrogen-bond acceptors (Lipinski definition) is 7. The number of unbranched alkanes of at least 4 members (excludes halogenated alkanes) is 38. The zero-order chi connectivity index (χ0) is 56.2. The number of ether oxygens (including phenoxy) is 4. The Morgan fingerprint density at radius 2 is 0.740 bits per heavy atom. The zero-order valence-corrected chi connectivity index (χ0v) is 51.4. The molecule has 0 aliphatic rings. The van der Waals surface area contributed by atoms with Crippen molar-refractivity contribution >= 4 is 17.9 Å². The molecule has 2 unspecified atom stereocenters. The minimum atomic E-state index is -1.51. The molecule has 0 aliphatic heterocycles. The van der Waals surface area contributed by atoms with Gasteiger partial charge in [-0.15, -0.1) is 0 Å². The maximum atomic E-state index is 12.9. The van der Waals surface area contributed by atoms with Crippen LogP contribution < -0.4 is 0 Å². The summed E-state index contributed by atoms with van der Waals surface area (Å²) < 4.78 is 22.9. The van der Waals surface area contributed by atoms with Gasteiger partial charge in [-0.2, -0.15) is 0 Å². The van der Waals surface area contributed by atoms with Crippen molar-refractivity contribution in [3.05, 3.63) is 48.6 Å². The molecule has 1 N–H and O–H groups in total. The topological polar surface area (TPSA) is 108 Å². The molecule has 450 valence electrons. The Morgan fingerprint density at radius 1 is 0.403 bits per heavy atom. The lowest BCUT2D eigenvalue weighted by atomic mass is 10.0. The first-order valence-electron chi connectivity index (χ1n) is 32.8. The van der Waals surface area contributed by atoms with E-state index < -0.39 is 18.4 Å². The van der Waals surface area contributed by atoms with Crippen LogP contribution in [0.4, 0.5) is 0 Å². The first-order chi connectivity index (χ1) is 37.6. The van der Waals surface area contributed by atoms with E-state index in [0.717, 1.165) is 64.2 Å². The van der Waals surface area contributed by atoms with Gasteiger partial charge in [-0.3, -0.25) is 9.59 Å². The predicted octanol–water partition coefficient (Wildman–Crippen LogP) is 19.8. The van der Waals surface area contributed by atoms with Crippen molar-refractivity contribution in [2.75, 3.05) is 47.5 Å². The van der Waals surface area contributed by atoms with Gasteiger partial charge in [-0.25, -0.2) is 4.79 Å². The third kappa shape index (κ3) is 60.7. The van der Waals surface area contributed by atoms with E-state index in [1.807, 2.05) is 21.1 Å². The molecule has 0 aromatic carbocycles. The number of carbonyl (C=O) groups is 3. The molecule has 2 atom stereocenters. The van der Waals surface area contributed by atoms with Gasteiger partial charge < -0.3 is 28.5 Å². The Balaban J connectivity index is 3.92. The second-order valence-corrected chi connectivity index (χ2v) is 23.4. The molecular formula is C68H126NO8+. The highest BCUT2D eigenvalue weighted by molar-refractivity contribution is 5.71. The maximum absolute atomic E-state index is 12.9. The summed E-state index contributed by atoms with van der Waals surface area (Å²) in [5, 5.41) is 9.70. The molecule has 0 aliphatic carbocycles. The molecule has 0 saturated heterocycles. The van der Waals surface area contributed by atoms with Crippen molar-refractivity contribution in [2.45, 2.75) is 322 Å². The molecule has 0 aromatic rings. The van der Waals surface area contributed by atoms with Gasteiger partial charge in [0.05, 0.1) is 34.4 Å². The van der Waals surface area contributed by atoms with E-state index in [1.165, 1.54) is 218 Å². The predicted molar refractivity (Wildman–Crippen MR) is 327 cm³/mol. The molecule has 0 aromatic heterocycles. The van der Waals surface area contributed by atoms with Crippen molar-refractivity contribution in [2.24, 2.45) is 0 Å². The van der Waals surface area contributed by atoms with Crippen LogP contribution >= 0.6 is 0 Å². The Bertz CT molecular complexity index is 1400. The number of allylic oxidation sites excluding steroid dienone is 8. The van der Waals surface area contributed by atoms with Crippen LogP contribution in [0.5, 0.6) is 0 Å². The largest absolute Gasteiger partial charge is 0.477 e. The van der Waals surface area contributed by atoms with Gasteiger partial charge in [0, 0.05) is 12.8 Å². The maximum Gasteiger partial charge on any atom is 0.361 e. The molecule has 0 radical (unpaired) electrons. The van der Waals surface area contributed by atoms with E-state index in [2.05, 4.69) is 62.5 Å². The second kappa shape index (κ2) is 59.4. The molecular weight excluding hydrogens is 959 g/mol. The quantitative estimate of drug-likeness (QED) is 0.0211. The van der Waals surface area contributed by atoms with Gasteiger partial charge in [-0.1, -0.05) is 294 Å². The number of rotatable bonds is 61. The lowest BCUT2D eigenvalue weighted by Gasteiger charge is -2.25. The molecule has 9 nitrogen and oxygen atoms in total. The van der Waals surface area contributed by atoms with E-state index in [9.17, 15) is 19.5 Å². The number of quaternary nitrogens is 1. The van der Waals surface area contributed by atoms with Crippen LogP contribution in [0.1, 0.15) is 309 Å². The van der Waals surface area contributed by atoms with E-state index in [4.69, 9.17) is 18.9 Å². The highest BCUT2D eigenvalue weighted by atomic mass is 16.7. The standard InChI is InChI=1S/C68H125NO8/c1-6-8-10-12-14-16-18-20-21-22-23-24-25-26-27-28-29-30-31-32-33-34-35-36-37-38-39-40-41-42-43-44-45-47-49-51-53-55-57-59-66(71)77-64(63-76-68(67(72)73)74-61-60-69(3,4)5)62-75-65(70)58-56-54-52-50-48-46-19-17-15-13-11-9-7-2/h8,10,14,16,20-21,23-24,64,68H,6-7,9,11-13,15,17-19,22,25-63H2,1-5H3/p+1/b10-8-,16-14-,21-20-,24-23-. The normalized spacial score (nSPS) is 13.0. The van der Waals surface area contributed by atoms with Crippen molar-refractivity contribution in [1.82, 2.24) is 0 Å². The van der Waals surface area contributed by atoms with E-state index in [1.54, 1.807) is 0 Å². The molecule has 0 amide bonds. The number of esters is 2. The van der Waals surface area contributed by atoms with Crippen LogP contribution in [0, 0.1) is 0 Å². The SMILES string of the molecule is CC/C=C\C/C=C\C/C=C\C/C=C\CCCCCCCCCCCCCCCCCCCCCCCCCCCCC(=O)OC(COC(=O)CCCCCCCCCCCCCCC)COC(OCC[N+](C)(C)C)C(=O)O. The highest BCUT2D eigenvalue weighted by Crippen LogP contribution is 2.18. The summed E-state index contributed by atoms with van der Waals surface area (Å²) in [6.45, 7) is 4.80. The molecule has 0 fully saturated rings. The van der Waals surface area contributed by atoms with Crippen LogP contribution in [-0.4, -0.2) is 87.4 Å². The Labute approximate surface area is 476 Å². The fraction of sp³-hybridized carbons (Fsp3) is 0.838. The molecule has 9 heteroatoms. The number of aliphatic carboxylic acids is 1. The summed E-state index contributed by atoms with van der Waals surface area (Å²) in [6.07, 6.45) is 72.4. The molecule has 77 heavy (non-hydrogen) atoms. The number of carboxylic acids is 1. The molecule has 0 heterocycles. The summed E-state index contributed by atoms with van der Waals surface area (Å²) in [5.74, 6) is -1.98. The van der Waals surface area contributed by atoms with Crippen molar-refractivity contribution in [3.8, 4) is 0 Å². The van der Waals surface area contributed by atoms with Crippen LogP contribution in [-0.2, 0) is 33.3 Å². The zero-order valence-electron chi connectivity index (χ0n) is 51.4. The van der Waals surface area contributed by atoms with Crippen molar-refractivity contribution in [3.63, 3.8) is 0 Å². The minimum absolute atomic E-state index is 0.175. The van der Waals surface area contributed by atoms with E-state index in [0.29, 0.717) is 17.4 Å². The van der Waals surface area contributed by atoms with Crippen LogP contribution in [0.15, 0.2) is 48.6 Å². The molecule has 0 spiro atoms. The van der Waals surface area contributed by atoms with Gasteiger partial charge >= 0.3 is 17.9 Å². The number of likely N-dealkylation sites (N-methyl/N-ethyl adjacent to an activating group) is 1. The highest BCUT2D eigenvalue weighted by Gasteiger charge is 2.25. The van der Waals surface area contributed by atoms with Gasteiger partial charge in [0.15, 0.2) is 6.10 Å². The molecule has 0 bridgehead atoms. The first-order valence-corrected chi connectivity index (χ1v) is 32.8. The van der Waals surface area contributed by atoms with Crippen LogP contribution in [0.3, 0.4) is 0 Å². The molecule has 0 rings (SSSR count). The van der Waals surface area contributed by atoms with Gasteiger partial charge in [0.2, 0.25) is 0 Å². The average molecular weight is 1090 g/mol. The number of nitrogens with zero attached hydrogens (tertiary/aromatic N) is 1. The van der Waals surface area contributed by atoms with Gasteiger partial charge in [0.25, 0.3) is 6.29 Å². The van der Waals surface area contributed by atoms with E-state index >= 15 is 0 Å². The number of hydrogen-bond donors (Lipinski definition) is 1. The summed E-state index contributed by atoms with van der Waals surface area (Å²) in [7, 11) is 5.98. The fourth-order valence-electron chi connectivity index (χ4n) is 9.60. The lowest BCUT2D eigenvalue weighted by Crippen LogP contribution is -2.40. The van der Waals surface area contributed by atoms with Crippen molar-refractivity contribution in [1.29, 1.82) is 0 Å². The number of carbonyl (C=O) groups excluding carboxylic acids is 2. The van der Waals surface area contributed by atoms with Crippen LogP contribution in [0.25, 0.3) is 0 Å². The fourth-order valence-corrected chi connectivity index (χ4v) is 9.60. The van der Waals surface area contributed by atoms with E-state index in [-0.39, 0.29) is 38.2 Å². The summed E-state index contributed by atoms with van der Waals surface area (Å²) in [5.41, 5.74) is 0. The van der Waals surface area contributed by atoms with Gasteiger partial charge in [0.1, 0.15) is 13.2 Å². The number of carboxylic acid groups (broad SMARTS) is 1. The van der Waals surface area contributed by atoms with Crippen molar-refractivity contribution < 1.29 is 42.9 Å². The third-order valence-electron chi connectivity index (χ3n) is 14.6. The summed E-state index contributed by atoms with van der Waals surface area (Å²) in [4.78, 5) is 37.4. The smallest absolute Gasteiger partial charge is 0.361 e. The lowest BCUT2D eigenvalue weighted by molar-refractivity contribution is -0.870. The monoisotopic (exact) mass is 1080 g/mol. The Kier molecular flexibility index (Phi) is 57.3. The Hall–Kier alpha value is -2.75. The van der Waals surface area contributed by atoms with Crippen LogP contribution in [0.2, 0.25) is 0 Å². The molecule has 0 saturated carbocycles. The summed E-state index contributed by atoms with van der Waals surface area (Å²) in [6, 6.07) is 0. The van der Waals surface area contributed by atoms with Gasteiger partial charge in [-0.05, 0) is 51.4 Å². The summed E-state index contributed by atoms with van der Waals surface area (Å²) >= 11 is 0. The minimum Gasteiger partial charge on any atom is -0.477 e. The Morgan fingerprint density at radius 3 is 1.10 bits per heavy atom. The average Bonchev–Trinajstić information content (AvgIpc) is 3.40. The second-order valence-electron chi connectivity index (χ2n) is 23.4.